The molecule has 0 radical (unpaired) electrons. The second-order valence-corrected chi connectivity index (χ2v) is 9.46. The Hall–Kier alpha value is -3.62. The minimum atomic E-state index is -4.44. The number of alkyl halides is 3. The van der Waals surface area contributed by atoms with Crippen LogP contribution in [0.5, 0.6) is 5.75 Å². The van der Waals surface area contributed by atoms with Crippen LogP contribution in [0.4, 0.5) is 13.2 Å². The molecule has 1 atom stereocenters. The molecule has 6 nitrogen and oxygen atoms in total. The van der Waals surface area contributed by atoms with Crippen molar-refractivity contribution in [2.45, 2.75) is 57.9 Å². The molecule has 1 aliphatic rings. The number of hydrogen-bond acceptors (Lipinski definition) is 4. The number of halogens is 3. The highest BCUT2D eigenvalue weighted by Gasteiger charge is 2.41. The quantitative estimate of drug-likeness (QED) is 0.416. The maximum absolute atomic E-state index is 13.4. The molecule has 190 valence electrons. The monoisotopic (exact) mass is 500 g/mol. The summed E-state index contributed by atoms with van der Waals surface area (Å²) in [7, 11) is 0. The lowest BCUT2D eigenvalue weighted by atomic mass is 9.70. The van der Waals surface area contributed by atoms with Gasteiger partial charge >= 0.3 is 12.1 Å². The van der Waals surface area contributed by atoms with E-state index in [0.717, 1.165) is 31.4 Å². The minimum Gasteiger partial charge on any atom is -0.486 e. The number of carbonyl (C=O) groups is 2. The van der Waals surface area contributed by atoms with E-state index in [2.05, 4.69) is 10.3 Å². The first-order valence-corrected chi connectivity index (χ1v) is 11.8. The second kappa shape index (κ2) is 10.2. The number of aromatic nitrogens is 1. The van der Waals surface area contributed by atoms with Crippen molar-refractivity contribution in [3.63, 3.8) is 0 Å². The summed E-state index contributed by atoms with van der Waals surface area (Å²) in [4.78, 5) is 29.8. The molecule has 0 saturated heterocycles. The number of carboxylic acids is 1. The van der Waals surface area contributed by atoms with E-state index in [1.807, 2.05) is 6.92 Å². The van der Waals surface area contributed by atoms with E-state index in [1.165, 1.54) is 18.3 Å². The third-order valence-electron chi connectivity index (χ3n) is 6.85. The maximum Gasteiger partial charge on any atom is 0.416 e. The van der Waals surface area contributed by atoms with Crippen LogP contribution in [0.25, 0.3) is 10.9 Å². The number of ether oxygens (including phenoxy) is 1. The van der Waals surface area contributed by atoms with Crippen LogP contribution in [-0.2, 0) is 17.6 Å². The Morgan fingerprint density at radius 3 is 2.42 bits per heavy atom. The van der Waals surface area contributed by atoms with Gasteiger partial charge in [0.2, 0.25) is 0 Å². The minimum absolute atomic E-state index is 0.103. The van der Waals surface area contributed by atoms with Crippen molar-refractivity contribution in [1.29, 1.82) is 0 Å². The van der Waals surface area contributed by atoms with Gasteiger partial charge in [-0.15, -0.1) is 0 Å². The van der Waals surface area contributed by atoms with Gasteiger partial charge in [-0.1, -0.05) is 50.5 Å². The Morgan fingerprint density at radius 1 is 1.08 bits per heavy atom. The SMILES string of the molecule is CC1([C@H](NC(=O)c2ccc3cccnc3c2OCc2ccc(C(F)(F)F)cc2)C(=O)O)CCCCC1. The number of rotatable bonds is 7. The predicted octanol–water partition coefficient (Wildman–Crippen LogP) is 5.99. The molecule has 1 fully saturated rings. The summed E-state index contributed by atoms with van der Waals surface area (Å²) in [6.45, 7) is 1.78. The first-order valence-electron chi connectivity index (χ1n) is 11.8. The van der Waals surface area contributed by atoms with E-state index in [-0.39, 0.29) is 17.9 Å². The molecule has 0 spiro atoms. The summed E-state index contributed by atoms with van der Waals surface area (Å²) < 4.78 is 44.6. The topological polar surface area (TPSA) is 88.5 Å². The van der Waals surface area contributed by atoms with E-state index in [4.69, 9.17) is 4.74 Å². The Balaban J connectivity index is 1.63. The average Bonchev–Trinajstić information content (AvgIpc) is 2.85. The van der Waals surface area contributed by atoms with Crippen molar-refractivity contribution < 1.29 is 32.6 Å². The van der Waals surface area contributed by atoms with Gasteiger partial charge in [0, 0.05) is 11.6 Å². The number of hydrogen-bond donors (Lipinski definition) is 2. The molecule has 1 aliphatic carbocycles. The van der Waals surface area contributed by atoms with Gasteiger partial charge in [0.25, 0.3) is 5.91 Å². The number of carboxylic acid groups (broad SMARTS) is 1. The molecule has 1 heterocycles. The first kappa shape index (κ1) is 25.5. The van der Waals surface area contributed by atoms with Gasteiger partial charge in [-0.25, -0.2) is 4.79 Å². The van der Waals surface area contributed by atoms with Gasteiger partial charge in [0.15, 0.2) is 5.75 Å². The molecule has 2 N–H and O–H groups in total. The Bertz CT molecular complexity index is 1250. The number of benzene rings is 2. The largest absolute Gasteiger partial charge is 0.486 e. The Kier molecular flexibility index (Phi) is 7.19. The van der Waals surface area contributed by atoms with Crippen LogP contribution in [0.1, 0.15) is 60.5 Å². The lowest BCUT2D eigenvalue weighted by Gasteiger charge is -2.38. The number of amides is 1. The molecule has 36 heavy (non-hydrogen) atoms. The molecule has 9 heteroatoms. The summed E-state index contributed by atoms with van der Waals surface area (Å²) in [6.07, 6.45) is 1.32. The molecule has 4 rings (SSSR count). The number of carbonyl (C=O) groups excluding carboxylic acids is 1. The normalized spacial score (nSPS) is 16.3. The first-order chi connectivity index (χ1) is 17.1. The van der Waals surface area contributed by atoms with Crippen LogP contribution in [0.15, 0.2) is 54.7 Å². The number of fused-ring (bicyclic) bond motifs is 1. The van der Waals surface area contributed by atoms with E-state index >= 15 is 0 Å². The van der Waals surface area contributed by atoms with Crippen LogP contribution in [0.3, 0.4) is 0 Å². The molecular formula is C27H27F3N2O4. The van der Waals surface area contributed by atoms with Crippen LogP contribution in [0, 0.1) is 5.41 Å². The zero-order valence-corrected chi connectivity index (χ0v) is 19.8. The number of nitrogens with zero attached hydrogens (tertiary/aromatic N) is 1. The van der Waals surface area contributed by atoms with E-state index in [0.29, 0.717) is 29.3 Å². The van der Waals surface area contributed by atoms with Gasteiger partial charge in [-0.3, -0.25) is 9.78 Å². The molecule has 1 aromatic heterocycles. The Labute approximate surface area is 206 Å². The van der Waals surface area contributed by atoms with Crippen LogP contribution < -0.4 is 10.1 Å². The lowest BCUT2D eigenvalue weighted by Crippen LogP contribution is -2.52. The molecule has 3 aromatic rings. The smallest absolute Gasteiger partial charge is 0.416 e. The van der Waals surface area contributed by atoms with Crippen molar-refractivity contribution in [3.8, 4) is 5.75 Å². The fourth-order valence-corrected chi connectivity index (χ4v) is 4.78. The van der Waals surface area contributed by atoms with Gasteiger partial charge < -0.3 is 15.2 Å². The lowest BCUT2D eigenvalue weighted by molar-refractivity contribution is -0.143. The fraction of sp³-hybridized carbons (Fsp3) is 0.370. The predicted molar refractivity (Wildman–Crippen MR) is 128 cm³/mol. The summed E-state index contributed by atoms with van der Waals surface area (Å²) >= 11 is 0. The second-order valence-electron chi connectivity index (χ2n) is 9.46. The van der Waals surface area contributed by atoms with Gasteiger partial charge in [0.1, 0.15) is 18.2 Å². The molecule has 0 unspecified atom stereocenters. The van der Waals surface area contributed by atoms with Crippen LogP contribution >= 0.6 is 0 Å². The summed E-state index contributed by atoms with van der Waals surface area (Å²) in [5, 5.41) is 13.3. The van der Waals surface area contributed by atoms with Gasteiger partial charge in [-0.05, 0) is 48.1 Å². The zero-order chi connectivity index (χ0) is 25.9. The zero-order valence-electron chi connectivity index (χ0n) is 19.8. The van der Waals surface area contributed by atoms with Crippen molar-refractivity contribution in [1.82, 2.24) is 10.3 Å². The van der Waals surface area contributed by atoms with Crippen molar-refractivity contribution in [2.75, 3.05) is 0 Å². The van der Waals surface area contributed by atoms with E-state index in [1.54, 1.807) is 24.3 Å². The van der Waals surface area contributed by atoms with Gasteiger partial charge in [-0.2, -0.15) is 13.2 Å². The van der Waals surface area contributed by atoms with E-state index < -0.39 is 35.1 Å². The molecular weight excluding hydrogens is 473 g/mol. The van der Waals surface area contributed by atoms with Crippen molar-refractivity contribution >= 4 is 22.8 Å². The highest BCUT2D eigenvalue weighted by molar-refractivity contribution is 6.04. The van der Waals surface area contributed by atoms with Crippen LogP contribution in [-0.4, -0.2) is 28.0 Å². The molecule has 0 bridgehead atoms. The van der Waals surface area contributed by atoms with Crippen molar-refractivity contribution in [2.24, 2.45) is 5.41 Å². The highest BCUT2D eigenvalue weighted by atomic mass is 19.4. The summed E-state index contributed by atoms with van der Waals surface area (Å²) in [6, 6.07) is 10.2. The fourth-order valence-electron chi connectivity index (χ4n) is 4.78. The molecule has 0 aliphatic heterocycles. The summed E-state index contributed by atoms with van der Waals surface area (Å²) in [5.74, 6) is -1.56. The maximum atomic E-state index is 13.4. The molecule has 1 saturated carbocycles. The van der Waals surface area contributed by atoms with Crippen molar-refractivity contribution in [3.05, 3.63) is 71.4 Å². The summed E-state index contributed by atoms with van der Waals surface area (Å²) in [5.41, 5.74) is -0.364. The third-order valence-corrected chi connectivity index (χ3v) is 6.85. The molecule has 1 amide bonds. The van der Waals surface area contributed by atoms with Gasteiger partial charge in [0.05, 0.1) is 11.1 Å². The molecule has 2 aromatic carbocycles. The Morgan fingerprint density at radius 2 is 1.78 bits per heavy atom. The number of aliphatic carboxylic acids is 1. The standard InChI is InChI=1S/C27H27F3N2O4/c1-26(13-3-2-4-14-26)23(25(34)35)32-24(33)20-12-9-18-6-5-15-31-21(18)22(20)36-16-17-7-10-19(11-8-17)27(28,29)30/h5-12,15,23H,2-4,13-14,16H2,1H3,(H,32,33)(H,34,35)/t23-/m1/s1. The number of pyridine rings is 1. The highest BCUT2D eigenvalue weighted by Crippen LogP contribution is 2.39. The average molecular weight is 501 g/mol. The van der Waals surface area contributed by atoms with E-state index in [9.17, 15) is 27.9 Å². The van der Waals surface area contributed by atoms with Crippen LogP contribution in [0.2, 0.25) is 0 Å². The third kappa shape index (κ3) is 5.45. The number of nitrogens with one attached hydrogen (secondary N) is 1.